The van der Waals surface area contributed by atoms with Gasteiger partial charge in [-0.2, -0.15) is 0 Å². The molecular weight excluding hydrogens is 504 g/mol. The molecule has 2 fully saturated rings. The Morgan fingerprint density at radius 3 is 2.40 bits per heavy atom. The molecule has 8 heteroatoms. The normalized spacial score (nSPS) is 19.6. The van der Waals surface area contributed by atoms with Crippen molar-refractivity contribution in [2.75, 3.05) is 40.4 Å². The van der Waals surface area contributed by atoms with Crippen LogP contribution in [-0.2, 0) is 16.0 Å². The second kappa shape index (κ2) is 11.4. The Bertz CT molecular complexity index is 1410. The lowest BCUT2D eigenvalue weighted by atomic mass is 9.75. The first-order chi connectivity index (χ1) is 19.5. The van der Waals surface area contributed by atoms with Crippen molar-refractivity contribution in [3.63, 3.8) is 0 Å². The predicted octanol–water partition coefficient (Wildman–Crippen LogP) is 5.39. The van der Waals surface area contributed by atoms with E-state index in [-0.39, 0.29) is 0 Å². The number of fused-ring (bicyclic) bond motifs is 1. The van der Waals surface area contributed by atoms with Gasteiger partial charge in [0.05, 0.1) is 25.1 Å². The molecule has 3 heterocycles. The zero-order valence-electron chi connectivity index (χ0n) is 23.3. The van der Waals surface area contributed by atoms with Crippen molar-refractivity contribution in [2.45, 2.75) is 38.5 Å². The Labute approximate surface area is 235 Å². The van der Waals surface area contributed by atoms with Crippen LogP contribution in [0.1, 0.15) is 48.0 Å². The zero-order chi connectivity index (χ0) is 27.6. The molecule has 3 aliphatic rings. The van der Waals surface area contributed by atoms with Crippen LogP contribution < -0.4 is 0 Å². The summed E-state index contributed by atoms with van der Waals surface area (Å²) in [5.41, 5.74) is 4.30. The SMILES string of the molecule is CN(C)C(=O)C(=O)c1ccc(-c2cnc(-c3ccc4c(c3)N=C(N3CCOCC3)C(C3CCCCC3)C4)o2)cc1. The molecule has 1 amide bonds. The molecular formula is C32H36N4O4. The lowest BCUT2D eigenvalue weighted by Gasteiger charge is -2.40. The summed E-state index contributed by atoms with van der Waals surface area (Å²) >= 11 is 0. The summed E-state index contributed by atoms with van der Waals surface area (Å²) in [7, 11) is 3.13. The van der Waals surface area contributed by atoms with Gasteiger partial charge in [0, 0.05) is 49.8 Å². The fraction of sp³-hybridized carbons (Fsp3) is 0.438. The summed E-state index contributed by atoms with van der Waals surface area (Å²) < 4.78 is 11.8. The largest absolute Gasteiger partial charge is 0.436 e. The van der Waals surface area contributed by atoms with Crippen LogP contribution in [0, 0.1) is 11.8 Å². The summed E-state index contributed by atoms with van der Waals surface area (Å²) in [5.74, 6) is 2.43. The first kappa shape index (κ1) is 26.4. The fourth-order valence-electron chi connectivity index (χ4n) is 6.17. The van der Waals surface area contributed by atoms with Crippen molar-refractivity contribution in [3.8, 4) is 22.8 Å². The average molecular weight is 541 g/mol. The third-order valence-corrected chi connectivity index (χ3v) is 8.43. The molecule has 1 aliphatic carbocycles. The first-order valence-corrected chi connectivity index (χ1v) is 14.3. The quantitative estimate of drug-likeness (QED) is 0.318. The van der Waals surface area contributed by atoms with Gasteiger partial charge in [0.25, 0.3) is 5.91 Å². The van der Waals surface area contributed by atoms with Gasteiger partial charge < -0.3 is 19.0 Å². The van der Waals surface area contributed by atoms with Gasteiger partial charge in [-0.3, -0.25) is 9.59 Å². The number of aromatic nitrogens is 1. The van der Waals surface area contributed by atoms with Crippen molar-refractivity contribution in [2.24, 2.45) is 16.8 Å². The Morgan fingerprint density at radius 2 is 1.68 bits per heavy atom. The van der Waals surface area contributed by atoms with Crippen molar-refractivity contribution in [3.05, 3.63) is 59.8 Å². The number of amides is 1. The molecule has 40 heavy (non-hydrogen) atoms. The maximum Gasteiger partial charge on any atom is 0.294 e. The second-order valence-corrected chi connectivity index (χ2v) is 11.3. The third kappa shape index (κ3) is 5.32. The van der Waals surface area contributed by atoms with Crippen LogP contribution >= 0.6 is 0 Å². The van der Waals surface area contributed by atoms with E-state index >= 15 is 0 Å². The summed E-state index contributed by atoms with van der Waals surface area (Å²) in [6, 6.07) is 13.2. The molecule has 208 valence electrons. The van der Waals surface area contributed by atoms with Crippen LogP contribution in [-0.4, -0.2) is 72.7 Å². The maximum atomic E-state index is 12.3. The Kier molecular flexibility index (Phi) is 7.52. The number of morpholine rings is 1. The number of nitrogens with zero attached hydrogens (tertiary/aromatic N) is 4. The zero-order valence-corrected chi connectivity index (χ0v) is 23.3. The number of Topliss-reactive ketones (excluding diaryl/α,β-unsaturated/α-hetero) is 1. The Morgan fingerprint density at radius 1 is 0.950 bits per heavy atom. The molecule has 2 aliphatic heterocycles. The van der Waals surface area contributed by atoms with E-state index in [2.05, 4.69) is 28.1 Å². The van der Waals surface area contributed by atoms with Crippen molar-refractivity contribution in [1.82, 2.24) is 14.8 Å². The van der Waals surface area contributed by atoms with Crippen molar-refractivity contribution >= 4 is 23.2 Å². The lowest BCUT2D eigenvalue weighted by Crippen LogP contribution is -2.47. The molecule has 1 saturated heterocycles. The number of ether oxygens (including phenoxy) is 1. The lowest BCUT2D eigenvalue weighted by molar-refractivity contribution is -0.124. The minimum Gasteiger partial charge on any atom is -0.436 e. The maximum absolute atomic E-state index is 12.3. The average Bonchev–Trinajstić information content (AvgIpc) is 3.51. The molecule has 1 aromatic heterocycles. The number of hydrogen-bond donors (Lipinski definition) is 0. The van der Waals surface area contributed by atoms with E-state index in [0.717, 1.165) is 49.5 Å². The number of aliphatic imine (C=N–C) groups is 1. The van der Waals surface area contributed by atoms with Gasteiger partial charge in [-0.15, -0.1) is 0 Å². The number of amidine groups is 1. The van der Waals surface area contributed by atoms with Gasteiger partial charge in [-0.1, -0.05) is 49.6 Å². The molecule has 1 atom stereocenters. The van der Waals surface area contributed by atoms with E-state index in [0.29, 0.717) is 29.1 Å². The molecule has 0 bridgehead atoms. The molecule has 0 radical (unpaired) electrons. The molecule has 2 aromatic carbocycles. The number of rotatable bonds is 5. The standard InChI is InChI=1S/C32H36N4O4/c1-35(2)32(38)29(37)23-10-8-22(9-11-23)28-20-33-31(40-28)25-13-12-24-18-26(21-6-4-3-5-7-21)30(34-27(24)19-25)36-14-16-39-17-15-36/h8-13,19-21,26H,3-7,14-18H2,1-2H3. The minimum absolute atomic E-state index is 0.345. The molecule has 6 rings (SSSR count). The number of carbonyl (C=O) groups excluding carboxylic acids is 2. The summed E-state index contributed by atoms with van der Waals surface area (Å²) in [4.78, 5) is 37.9. The van der Waals surface area contributed by atoms with E-state index in [4.69, 9.17) is 14.1 Å². The minimum atomic E-state index is -0.549. The summed E-state index contributed by atoms with van der Waals surface area (Å²) in [6.45, 7) is 3.30. The molecule has 0 N–H and O–H groups in total. The molecule has 3 aromatic rings. The first-order valence-electron chi connectivity index (χ1n) is 14.3. The van der Waals surface area contributed by atoms with Gasteiger partial charge in [0.1, 0.15) is 5.84 Å². The molecule has 1 unspecified atom stereocenters. The Hall–Kier alpha value is -3.78. The van der Waals surface area contributed by atoms with Gasteiger partial charge >= 0.3 is 0 Å². The van der Waals surface area contributed by atoms with E-state index in [9.17, 15) is 9.59 Å². The number of ketones is 1. The number of hydrogen-bond acceptors (Lipinski definition) is 7. The highest BCUT2D eigenvalue weighted by Crippen LogP contribution is 2.40. The highest BCUT2D eigenvalue weighted by Gasteiger charge is 2.35. The predicted molar refractivity (Wildman–Crippen MR) is 154 cm³/mol. The number of carbonyl (C=O) groups is 2. The van der Waals surface area contributed by atoms with Crippen LogP contribution in [0.25, 0.3) is 22.8 Å². The topological polar surface area (TPSA) is 88.2 Å². The van der Waals surface area contributed by atoms with E-state index in [1.54, 1.807) is 44.6 Å². The van der Waals surface area contributed by atoms with Gasteiger partial charge in [0.15, 0.2) is 5.76 Å². The third-order valence-electron chi connectivity index (χ3n) is 8.43. The van der Waals surface area contributed by atoms with Crippen molar-refractivity contribution in [1.29, 1.82) is 0 Å². The van der Waals surface area contributed by atoms with Crippen LogP contribution in [0.5, 0.6) is 0 Å². The number of likely N-dealkylation sites (N-methyl/N-ethyl adjacent to an activating group) is 1. The van der Waals surface area contributed by atoms with E-state index in [1.165, 1.54) is 48.4 Å². The second-order valence-electron chi connectivity index (χ2n) is 11.3. The molecule has 1 saturated carbocycles. The van der Waals surface area contributed by atoms with Gasteiger partial charge in [-0.25, -0.2) is 9.98 Å². The monoisotopic (exact) mass is 540 g/mol. The number of benzene rings is 2. The highest BCUT2D eigenvalue weighted by atomic mass is 16.5. The highest BCUT2D eigenvalue weighted by molar-refractivity contribution is 6.42. The van der Waals surface area contributed by atoms with Crippen LogP contribution in [0.3, 0.4) is 0 Å². The fourth-order valence-corrected chi connectivity index (χ4v) is 6.17. The van der Waals surface area contributed by atoms with Crippen molar-refractivity contribution < 1.29 is 18.7 Å². The number of oxazole rings is 1. The van der Waals surface area contributed by atoms with Gasteiger partial charge in [0.2, 0.25) is 11.7 Å². The summed E-state index contributed by atoms with van der Waals surface area (Å²) in [6.07, 6.45) is 9.30. The van der Waals surface area contributed by atoms with Crippen LogP contribution in [0.2, 0.25) is 0 Å². The van der Waals surface area contributed by atoms with Crippen LogP contribution in [0.15, 0.2) is 58.1 Å². The summed E-state index contributed by atoms with van der Waals surface area (Å²) in [5, 5.41) is 0. The van der Waals surface area contributed by atoms with E-state index < -0.39 is 11.7 Å². The van der Waals surface area contributed by atoms with E-state index in [1.807, 2.05) is 0 Å². The Balaban J connectivity index is 1.25. The van der Waals surface area contributed by atoms with Crippen LogP contribution in [0.4, 0.5) is 5.69 Å². The van der Waals surface area contributed by atoms with Gasteiger partial charge in [-0.05, 0) is 42.9 Å². The smallest absolute Gasteiger partial charge is 0.294 e. The molecule has 0 spiro atoms. The molecule has 8 nitrogen and oxygen atoms in total.